The fourth-order valence-electron chi connectivity index (χ4n) is 4.55. The maximum atomic E-state index is 12.9. The van der Waals surface area contributed by atoms with Crippen LogP contribution in [0.4, 0.5) is 5.82 Å². The van der Waals surface area contributed by atoms with E-state index in [1.54, 1.807) is 16.9 Å². The van der Waals surface area contributed by atoms with Crippen molar-refractivity contribution in [3.8, 4) is 5.75 Å². The van der Waals surface area contributed by atoms with Gasteiger partial charge in [0.2, 0.25) is 5.91 Å². The highest BCUT2D eigenvalue weighted by molar-refractivity contribution is 5.95. The van der Waals surface area contributed by atoms with Crippen LogP contribution in [-0.2, 0) is 22.6 Å². The van der Waals surface area contributed by atoms with Crippen molar-refractivity contribution < 1.29 is 19.4 Å². The summed E-state index contributed by atoms with van der Waals surface area (Å²) in [5.74, 6) is 1.52. The molecule has 3 heterocycles. The molecule has 2 aliphatic rings. The molecule has 1 aromatic carbocycles. The lowest BCUT2D eigenvalue weighted by Crippen LogP contribution is -2.45. The smallest absolute Gasteiger partial charge is 0.254 e. The lowest BCUT2D eigenvalue weighted by molar-refractivity contribution is -0.149. The van der Waals surface area contributed by atoms with Crippen molar-refractivity contribution >= 4 is 17.6 Å². The van der Waals surface area contributed by atoms with Gasteiger partial charge in [-0.2, -0.15) is 0 Å². The zero-order valence-corrected chi connectivity index (χ0v) is 19.1. The summed E-state index contributed by atoms with van der Waals surface area (Å²) in [5.41, 5.74) is 1.22. The summed E-state index contributed by atoms with van der Waals surface area (Å²) in [4.78, 5) is 38.7. The molecule has 0 aliphatic carbocycles. The summed E-state index contributed by atoms with van der Waals surface area (Å²) in [6, 6.07) is 7.31. The van der Waals surface area contributed by atoms with Gasteiger partial charge in [-0.1, -0.05) is 18.2 Å². The Morgan fingerprint density at radius 2 is 2.00 bits per heavy atom. The van der Waals surface area contributed by atoms with E-state index in [-0.39, 0.29) is 17.9 Å². The number of amides is 2. The van der Waals surface area contributed by atoms with Crippen LogP contribution in [0.2, 0.25) is 0 Å². The Bertz CT molecular complexity index is 1050. The number of nitrogens with zero attached hydrogens (tertiary/aromatic N) is 4. The van der Waals surface area contributed by atoms with Crippen molar-refractivity contribution in [2.24, 2.45) is 0 Å². The van der Waals surface area contributed by atoms with Gasteiger partial charge < -0.3 is 14.7 Å². The molecular formula is C24H30N4O4. The molecule has 2 aromatic rings. The second-order valence-corrected chi connectivity index (χ2v) is 8.98. The van der Waals surface area contributed by atoms with E-state index in [0.29, 0.717) is 37.6 Å². The van der Waals surface area contributed by atoms with Crippen molar-refractivity contribution in [1.82, 2.24) is 14.9 Å². The molecule has 170 valence electrons. The van der Waals surface area contributed by atoms with Crippen LogP contribution in [0.15, 0.2) is 24.3 Å². The van der Waals surface area contributed by atoms with E-state index >= 15 is 0 Å². The van der Waals surface area contributed by atoms with Crippen LogP contribution in [0.5, 0.6) is 5.75 Å². The van der Waals surface area contributed by atoms with E-state index in [1.165, 1.54) is 13.8 Å². The van der Waals surface area contributed by atoms with Crippen molar-refractivity contribution in [2.75, 3.05) is 18.6 Å². The second kappa shape index (κ2) is 8.50. The molecule has 0 saturated carbocycles. The zero-order valence-electron chi connectivity index (χ0n) is 19.1. The summed E-state index contributed by atoms with van der Waals surface area (Å²) >= 11 is 0. The Labute approximate surface area is 188 Å². The summed E-state index contributed by atoms with van der Waals surface area (Å²) in [6.45, 7) is 5.83. The van der Waals surface area contributed by atoms with E-state index in [1.807, 2.05) is 31.2 Å². The third-order valence-corrected chi connectivity index (χ3v) is 6.21. The lowest BCUT2D eigenvalue weighted by atomic mass is 10.0. The number of benzene rings is 1. The van der Waals surface area contributed by atoms with Crippen molar-refractivity contribution in [1.29, 1.82) is 0 Å². The fourth-order valence-corrected chi connectivity index (χ4v) is 4.55. The first-order valence-corrected chi connectivity index (χ1v) is 11.0. The van der Waals surface area contributed by atoms with Crippen molar-refractivity contribution in [3.63, 3.8) is 0 Å². The largest absolute Gasteiger partial charge is 0.496 e. The number of anilines is 1. The first kappa shape index (κ1) is 22.2. The monoisotopic (exact) mass is 438 g/mol. The molecule has 0 unspecified atom stereocenters. The highest BCUT2D eigenvalue weighted by atomic mass is 16.5. The molecule has 2 amide bonds. The number of aliphatic hydroxyl groups is 1. The van der Waals surface area contributed by atoms with E-state index < -0.39 is 5.60 Å². The van der Waals surface area contributed by atoms with Crippen LogP contribution in [-0.4, -0.2) is 51.0 Å². The van der Waals surface area contributed by atoms with Crippen molar-refractivity contribution in [3.05, 3.63) is 46.9 Å². The maximum absolute atomic E-state index is 12.9. The van der Waals surface area contributed by atoms with Crippen LogP contribution in [0, 0.1) is 6.92 Å². The maximum Gasteiger partial charge on any atom is 0.254 e. The average Bonchev–Trinajstić information content (AvgIpc) is 3.24. The Hall–Kier alpha value is -3.00. The molecule has 1 aromatic heterocycles. The number of likely N-dealkylation sites (tertiary alicyclic amines) is 1. The van der Waals surface area contributed by atoms with Gasteiger partial charge in [0, 0.05) is 29.8 Å². The summed E-state index contributed by atoms with van der Waals surface area (Å²) < 4.78 is 5.47. The van der Waals surface area contributed by atoms with E-state index in [0.717, 1.165) is 35.4 Å². The Kier molecular flexibility index (Phi) is 5.90. The zero-order chi connectivity index (χ0) is 23.0. The lowest BCUT2D eigenvalue weighted by Gasteiger charge is -2.32. The number of carbonyl (C=O) groups is 2. The number of para-hydroxylation sites is 1. The predicted molar refractivity (Wildman–Crippen MR) is 119 cm³/mol. The molecule has 0 radical (unpaired) electrons. The van der Waals surface area contributed by atoms with Gasteiger partial charge in [0.25, 0.3) is 5.91 Å². The van der Waals surface area contributed by atoms with Crippen molar-refractivity contribution in [2.45, 2.75) is 64.6 Å². The highest BCUT2D eigenvalue weighted by Gasteiger charge is 2.39. The highest BCUT2D eigenvalue weighted by Crippen LogP contribution is 2.36. The summed E-state index contributed by atoms with van der Waals surface area (Å²) in [7, 11) is 1.61. The molecule has 4 rings (SSSR count). The second-order valence-electron chi connectivity index (χ2n) is 8.98. The summed E-state index contributed by atoms with van der Waals surface area (Å²) in [6.07, 6.45) is 2.54. The quantitative estimate of drug-likeness (QED) is 0.771. The summed E-state index contributed by atoms with van der Waals surface area (Å²) in [5, 5.41) is 10.3. The van der Waals surface area contributed by atoms with Gasteiger partial charge in [-0.05, 0) is 46.1 Å². The number of hydrogen-bond acceptors (Lipinski definition) is 6. The van der Waals surface area contributed by atoms with Gasteiger partial charge in [-0.3, -0.25) is 14.5 Å². The van der Waals surface area contributed by atoms with Gasteiger partial charge in [-0.25, -0.2) is 9.97 Å². The number of aryl methyl sites for hydroxylation is 1. The molecule has 8 nitrogen and oxygen atoms in total. The van der Waals surface area contributed by atoms with Gasteiger partial charge >= 0.3 is 0 Å². The molecule has 8 heteroatoms. The van der Waals surface area contributed by atoms with E-state index in [2.05, 4.69) is 0 Å². The number of hydrogen-bond donors (Lipinski definition) is 1. The number of rotatable bonds is 5. The van der Waals surface area contributed by atoms with Gasteiger partial charge in [-0.15, -0.1) is 0 Å². The van der Waals surface area contributed by atoms with Crippen LogP contribution < -0.4 is 9.64 Å². The standard InChI is InChI=1S/C24H30N4O4/c1-15-17-11-12-20(29)28(14-16-8-5-6-10-19(16)32-4)22(17)26-21(25-15)18-9-7-13-27(18)23(30)24(2,3)31/h5-6,8,10,18,31H,7,9,11-14H2,1-4H3/t18-/m0/s1. The first-order valence-electron chi connectivity index (χ1n) is 11.0. The van der Waals surface area contributed by atoms with E-state index in [9.17, 15) is 14.7 Å². The van der Waals surface area contributed by atoms with Crippen LogP contribution >= 0.6 is 0 Å². The minimum Gasteiger partial charge on any atom is -0.496 e. The number of methoxy groups -OCH3 is 1. The molecule has 1 saturated heterocycles. The van der Waals surface area contributed by atoms with Crippen LogP contribution in [0.25, 0.3) is 0 Å². The molecule has 2 aliphatic heterocycles. The third kappa shape index (κ3) is 4.07. The Morgan fingerprint density at radius 3 is 2.72 bits per heavy atom. The average molecular weight is 439 g/mol. The van der Waals surface area contributed by atoms with Gasteiger partial charge in [0.05, 0.1) is 19.7 Å². The fraction of sp³-hybridized carbons (Fsp3) is 0.500. The SMILES string of the molecule is COc1ccccc1CN1C(=O)CCc2c(C)nc([C@@H]3CCCN3C(=O)C(C)(C)O)nc21. The van der Waals surface area contributed by atoms with Gasteiger partial charge in [0.15, 0.2) is 5.82 Å². The minimum atomic E-state index is -1.46. The molecule has 1 N–H and O–H groups in total. The number of ether oxygens (including phenoxy) is 1. The molecular weight excluding hydrogens is 408 g/mol. The predicted octanol–water partition coefficient (Wildman–Crippen LogP) is 2.71. The molecule has 32 heavy (non-hydrogen) atoms. The molecule has 1 atom stereocenters. The molecule has 0 spiro atoms. The molecule has 1 fully saturated rings. The number of carbonyl (C=O) groups excluding carboxylic acids is 2. The van der Waals surface area contributed by atoms with Gasteiger partial charge in [0.1, 0.15) is 17.2 Å². The number of aromatic nitrogens is 2. The molecule has 0 bridgehead atoms. The topological polar surface area (TPSA) is 95.9 Å². The number of fused-ring (bicyclic) bond motifs is 1. The minimum absolute atomic E-state index is 0.00306. The van der Waals surface area contributed by atoms with Crippen LogP contribution in [0.3, 0.4) is 0 Å². The Morgan fingerprint density at radius 1 is 1.25 bits per heavy atom. The first-order chi connectivity index (χ1) is 15.2. The van der Waals surface area contributed by atoms with Crippen LogP contribution in [0.1, 0.15) is 61.8 Å². The Balaban J connectivity index is 1.73. The third-order valence-electron chi connectivity index (χ3n) is 6.21. The van der Waals surface area contributed by atoms with E-state index in [4.69, 9.17) is 14.7 Å². The normalized spacial score (nSPS) is 18.7.